The van der Waals surface area contributed by atoms with E-state index < -0.39 is 0 Å². The summed E-state index contributed by atoms with van der Waals surface area (Å²) < 4.78 is 0. The van der Waals surface area contributed by atoms with Gasteiger partial charge in [0.1, 0.15) is 0 Å². The first-order valence-electron chi connectivity index (χ1n) is 7.46. The minimum atomic E-state index is 0.202. The van der Waals surface area contributed by atoms with Crippen molar-refractivity contribution in [3.63, 3.8) is 0 Å². The van der Waals surface area contributed by atoms with Gasteiger partial charge in [-0.3, -0.25) is 4.79 Å². The van der Waals surface area contributed by atoms with Crippen molar-refractivity contribution >= 4 is 11.5 Å². The normalized spacial score (nSPS) is 16.7. The van der Waals surface area contributed by atoms with Gasteiger partial charge in [0.25, 0.3) is 0 Å². The zero-order valence-corrected chi connectivity index (χ0v) is 12.4. The standard InChI is InChI=1S/C17H24N2O/c1-3-14(2)18-13-17(20)19-11-9-16(10-12-19)15-7-5-4-6-8-15/h4-9,14,18H,3,10-13H2,1-2H3. The second kappa shape index (κ2) is 7.25. The molecule has 0 fully saturated rings. The Kier molecular flexibility index (Phi) is 5.36. The average Bonchev–Trinajstić information content (AvgIpc) is 2.53. The Morgan fingerprint density at radius 3 is 2.70 bits per heavy atom. The molecule has 1 aromatic rings. The third-order valence-corrected chi connectivity index (χ3v) is 3.92. The van der Waals surface area contributed by atoms with Crippen LogP contribution in [0.25, 0.3) is 5.57 Å². The van der Waals surface area contributed by atoms with E-state index in [-0.39, 0.29) is 5.91 Å². The number of nitrogens with zero attached hydrogens (tertiary/aromatic N) is 1. The van der Waals surface area contributed by atoms with E-state index in [9.17, 15) is 4.79 Å². The topological polar surface area (TPSA) is 32.3 Å². The van der Waals surface area contributed by atoms with Crippen molar-refractivity contribution in [3.8, 4) is 0 Å². The minimum Gasteiger partial charge on any atom is -0.338 e. The van der Waals surface area contributed by atoms with Crippen molar-refractivity contribution in [2.45, 2.75) is 32.7 Å². The van der Waals surface area contributed by atoms with Crippen LogP contribution < -0.4 is 5.32 Å². The number of nitrogens with one attached hydrogen (secondary N) is 1. The molecule has 0 saturated carbocycles. The number of carbonyl (C=O) groups is 1. The van der Waals surface area contributed by atoms with E-state index in [1.807, 2.05) is 11.0 Å². The molecular formula is C17H24N2O. The molecule has 1 N–H and O–H groups in total. The van der Waals surface area contributed by atoms with Crippen molar-refractivity contribution in [2.24, 2.45) is 0 Å². The quantitative estimate of drug-likeness (QED) is 0.894. The molecule has 1 unspecified atom stereocenters. The van der Waals surface area contributed by atoms with Crippen LogP contribution in [0.2, 0.25) is 0 Å². The highest BCUT2D eigenvalue weighted by Crippen LogP contribution is 2.21. The van der Waals surface area contributed by atoms with Crippen molar-refractivity contribution in [2.75, 3.05) is 19.6 Å². The van der Waals surface area contributed by atoms with E-state index in [0.717, 1.165) is 25.9 Å². The lowest BCUT2D eigenvalue weighted by Gasteiger charge is -2.27. The van der Waals surface area contributed by atoms with Crippen LogP contribution in [0.15, 0.2) is 36.4 Å². The molecule has 3 heteroatoms. The first-order valence-corrected chi connectivity index (χ1v) is 7.46. The van der Waals surface area contributed by atoms with E-state index in [1.165, 1.54) is 11.1 Å². The van der Waals surface area contributed by atoms with Gasteiger partial charge >= 0.3 is 0 Å². The first-order chi connectivity index (χ1) is 9.70. The number of amides is 1. The van der Waals surface area contributed by atoms with Crippen molar-refractivity contribution in [1.29, 1.82) is 0 Å². The van der Waals surface area contributed by atoms with E-state index >= 15 is 0 Å². The van der Waals surface area contributed by atoms with E-state index in [4.69, 9.17) is 0 Å². The van der Waals surface area contributed by atoms with Crippen molar-refractivity contribution in [3.05, 3.63) is 42.0 Å². The van der Waals surface area contributed by atoms with Crippen molar-refractivity contribution < 1.29 is 4.79 Å². The minimum absolute atomic E-state index is 0.202. The Labute approximate surface area is 121 Å². The Morgan fingerprint density at radius 2 is 2.10 bits per heavy atom. The van der Waals surface area contributed by atoms with Crippen LogP contribution in [0.3, 0.4) is 0 Å². The molecule has 1 amide bonds. The third kappa shape index (κ3) is 3.94. The van der Waals surface area contributed by atoms with Crippen LogP contribution >= 0.6 is 0 Å². The van der Waals surface area contributed by atoms with Gasteiger partial charge in [-0.25, -0.2) is 0 Å². The molecule has 0 aromatic heterocycles. The average molecular weight is 272 g/mol. The Hall–Kier alpha value is -1.61. The summed E-state index contributed by atoms with van der Waals surface area (Å²) in [6, 6.07) is 10.8. The van der Waals surface area contributed by atoms with E-state index in [0.29, 0.717) is 12.6 Å². The maximum atomic E-state index is 12.1. The van der Waals surface area contributed by atoms with Gasteiger partial charge in [-0.05, 0) is 30.9 Å². The van der Waals surface area contributed by atoms with Gasteiger partial charge in [0.2, 0.25) is 5.91 Å². The van der Waals surface area contributed by atoms with Crippen LogP contribution in [-0.4, -0.2) is 36.5 Å². The molecule has 20 heavy (non-hydrogen) atoms. The highest BCUT2D eigenvalue weighted by Gasteiger charge is 2.17. The van der Waals surface area contributed by atoms with Gasteiger partial charge in [0.05, 0.1) is 6.54 Å². The fourth-order valence-electron chi connectivity index (χ4n) is 2.33. The predicted octanol–water partition coefficient (Wildman–Crippen LogP) is 2.69. The molecule has 108 valence electrons. The molecule has 0 spiro atoms. The maximum absolute atomic E-state index is 12.1. The van der Waals surface area contributed by atoms with Crippen LogP contribution in [0.5, 0.6) is 0 Å². The van der Waals surface area contributed by atoms with Gasteiger partial charge in [0, 0.05) is 19.1 Å². The van der Waals surface area contributed by atoms with E-state index in [1.54, 1.807) is 0 Å². The number of hydrogen-bond donors (Lipinski definition) is 1. The number of rotatable bonds is 5. The monoisotopic (exact) mass is 272 g/mol. The third-order valence-electron chi connectivity index (χ3n) is 3.92. The largest absolute Gasteiger partial charge is 0.338 e. The van der Waals surface area contributed by atoms with Gasteiger partial charge in [-0.1, -0.05) is 43.3 Å². The number of hydrogen-bond acceptors (Lipinski definition) is 2. The van der Waals surface area contributed by atoms with E-state index in [2.05, 4.69) is 49.5 Å². The SMILES string of the molecule is CCC(C)NCC(=O)N1CC=C(c2ccccc2)CC1. The van der Waals surface area contributed by atoms with Gasteiger partial charge < -0.3 is 10.2 Å². The molecule has 3 nitrogen and oxygen atoms in total. The molecule has 1 aliphatic rings. The number of benzene rings is 1. The lowest BCUT2D eigenvalue weighted by Crippen LogP contribution is -2.42. The molecular weight excluding hydrogens is 248 g/mol. The second-order valence-electron chi connectivity index (χ2n) is 5.38. The lowest BCUT2D eigenvalue weighted by atomic mass is 9.99. The Bertz CT molecular complexity index is 467. The summed E-state index contributed by atoms with van der Waals surface area (Å²) in [6.45, 7) is 6.23. The van der Waals surface area contributed by atoms with Crippen LogP contribution in [-0.2, 0) is 4.79 Å². The Balaban J connectivity index is 1.87. The fourth-order valence-corrected chi connectivity index (χ4v) is 2.33. The lowest BCUT2D eigenvalue weighted by molar-refractivity contribution is -0.129. The van der Waals surface area contributed by atoms with Crippen LogP contribution in [0, 0.1) is 0 Å². The molecule has 1 aliphatic heterocycles. The molecule has 1 aromatic carbocycles. The van der Waals surface area contributed by atoms with Gasteiger partial charge in [0.15, 0.2) is 0 Å². The van der Waals surface area contributed by atoms with Crippen LogP contribution in [0.4, 0.5) is 0 Å². The van der Waals surface area contributed by atoms with Gasteiger partial charge in [-0.2, -0.15) is 0 Å². The van der Waals surface area contributed by atoms with Crippen LogP contribution in [0.1, 0.15) is 32.3 Å². The number of carbonyl (C=O) groups excluding carboxylic acids is 1. The summed E-state index contributed by atoms with van der Waals surface area (Å²) in [6.07, 6.45) is 4.17. The summed E-state index contributed by atoms with van der Waals surface area (Å²) in [5.41, 5.74) is 2.63. The molecule has 1 heterocycles. The van der Waals surface area contributed by atoms with Crippen molar-refractivity contribution in [1.82, 2.24) is 10.2 Å². The zero-order chi connectivity index (χ0) is 14.4. The fraction of sp³-hybridized carbons (Fsp3) is 0.471. The van der Waals surface area contributed by atoms with Gasteiger partial charge in [-0.15, -0.1) is 0 Å². The first kappa shape index (κ1) is 14.8. The molecule has 0 radical (unpaired) electrons. The molecule has 0 aliphatic carbocycles. The zero-order valence-electron chi connectivity index (χ0n) is 12.4. The smallest absolute Gasteiger partial charge is 0.236 e. The summed E-state index contributed by atoms with van der Waals surface area (Å²) in [4.78, 5) is 14.0. The molecule has 0 saturated heterocycles. The molecule has 0 bridgehead atoms. The Morgan fingerprint density at radius 1 is 1.35 bits per heavy atom. The summed E-state index contributed by atoms with van der Waals surface area (Å²) in [7, 11) is 0. The highest BCUT2D eigenvalue weighted by molar-refractivity contribution is 5.80. The predicted molar refractivity (Wildman–Crippen MR) is 83.4 cm³/mol. The molecule has 2 rings (SSSR count). The summed E-state index contributed by atoms with van der Waals surface area (Å²) >= 11 is 0. The second-order valence-corrected chi connectivity index (χ2v) is 5.38. The summed E-state index contributed by atoms with van der Waals surface area (Å²) in [5, 5.41) is 3.26. The molecule has 1 atom stereocenters. The summed E-state index contributed by atoms with van der Waals surface area (Å²) in [5.74, 6) is 0.202. The maximum Gasteiger partial charge on any atom is 0.236 e. The highest BCUT2D eigenvalue weighted by atomic mass is 16.2.